The molecule has 0 spiro atoms. The van der Waals surface area contributed by atoms with Crippen molar-refractivity contribution in [3.8, 4) is 11.4 Å². The summed E-state index contributed by atoms with van der Waals surface area (Å²) in [5, 5.41) is 0. The molecule has 0 aliphatic carbocycles. The zero-order chi connectivity index (χ0) is 17.2. The third kappa shape index (κ3) is 2.94. The van der Waals surface area contributed by atoms with Crippen molar-refractivity contribution in [2.24, 2.45) is 0 Å². The molecule has 0 radical (unpaired) electrons. The van der Waals surface area contributed by atoms with E-state index in [4.69, 9.17) is 4.74 Å². The molecular weight excluding hydrogens is 312 g/mol. The Morgan fingerprint density at radius 3 is 2.76 bits per heavy atom. The second-order valence-corrected chi connectivity index (χ2v) is 5.95. The van der Waals surface area contributed by atoms with E-state index in [0.717, 1.165) is 28.0 Å². The van der Waals surface area contributed by atoms with Crippen LogP contribution in [0.5, 0.6) is 0 Å². The molecule has 2 heterocycles. The molecule has 0 amide bonds. The highest BCUT2D eigenvalue weighted by Crippen LogP contribution is 2.24. The Morgan fingerprint density at radius 2 is 1.96 bits per heavy atom. The Morgan fingerprint density at radius 1 is 1.08 bits per heavy atom. The first-order valence-corrected chi connectivity index (χ1v) is 8.43. The topological polar surface area (TPSA) is 44.9 Å². The van der Waals surface area contributed by atoms with Crippen molar-refractivity contribution in [3.63, 3.8) is 0 Å². The van der Waals surface area contributed by atoms with Gasteiger partial charge in [-0.05, 0) is 49.7 Å². The van der Waals surface area contributed by atoms with E-state index in [0.29, 0.717) is 6.61 Å². The normalized spacial score (nSPS) is 12.6. The highest BCUT2D eigenvalue weighted by Gasteiger charge is 2.10. The highest BCUT2D eigenvalue weighted by atomic mass is 16.5. The predicted octanol–water partition coefficient (Wildman–Crippen LogP) is 4.31. The molecule has 0 aliphatic rings. The number of fused-ring (bicyclic) bond motifs is 1. The predicted molar refractivity (Wildman–Crippen MR) is 98.2 cm³/mol. The van der Waals surface area contributed by atoms with E-state index < -0.39 is 0 Å². The van der Waals surface area contributed by atoms with E-state index in [2.05, 4.69) is 57.9 Å². The molecular formula is C20H20N4O. The van der Waals surface area contributed by atoms with Crippen molar-refractivity contribution in [3.05, 3.63) is 73.1 Å². The van der Waals surface area contributed by atoms with E-state index >= 15 is 0 Å². The minimum atomic E-state index is 0.0733. The van der Waals surface area contributed by atoms with Crippen LogP contribution in [0.25, 0.3) is 22.4 Å². The molecule has 2 aromatic carbocycles. The molecule has 5 heteroatoms. The van der Waals surface area contributed by atoms with Crippen molar-refractivity contribution in [2.45, 2.75) is 20.0 Å². The van der Waals surface area contributed by atoms with Crippen LogP contribution in [0.3, 0.4) is 0 Å². The maximum atomic E-state index is 5.68. The molecule has 126 valence electrons. The summed E-state index contributed by atoms with van der Waals surface area (Å²) < 4.78 is 9.77. The van der Waals surface area contributed by atoms with Gasteiger partial charge >= 0.3 is 0 Å². The molecule has 5 nitrogen and oxygen atoms in total. The van der Waals surface area contributed by atoms with Gasteiger partial charge in [-0.25, -0.2) is 9.97 Å². The lowest BCUT2D eigenvalue weighted by Gasteiger charge is -2.12. The van der Waals surface area contributed by atoms with Crippen molar-refractivity contribution in [2.75, 3.05) is 6.61 Å². The minimum absolute atomic E-state index is 0.0733. The van der Waals surface area contributed by atoms with Crippen LogP contribution in [0.4, 0.5) is 0 Å². The molecule has 4 rings (SSSR count). The summed E-state index contributed by atoms with van der Waals surface area (Å²) >= 11 is 0. The smallest absolute Gasteiger partial charge is 0.100 e. The number of imidazole rings is 2. The van der Waals surface area contributed by atoms with Gasteiger partial charge in [-0.1, -0.05) is 12.1 Å². The highest BCUT2D eigenvalue weighted by molar-refractivity contribution is 5.78. The number of nitrogens with zero attached hydrogens (tertiary/aromatic N) is 4. The summed E-state index contributed by atoms with van der Waals surface area (Å²) in [6.07, 6.45) is 7.45. The Kier molecular flexibility index (Phi) is 4.07. The van der Waals surface area contributed by atoms with Crippen LogP contribution >= 0.6 is 0 Å². The van der Waals surface area contributed by atoms with Gasteiger partial charge in [0.25, 0.3) is 0 Å². The summed E-state index contributed by atoms with van der Waals surface area (Å²) in [5.74, 6) is 0. The van der Waals surface area contributed by atoms with Crippen LogP contribution in [0.2, 0.25) is 0 Å². The fourth-order valence-corrected chi connectivity index (χ4v) is 3.05. The maximum Gasteiger partial charge on any atom is 0.100 e. The second-order valence-electron chi connectivity index (χ2n) is 5.95. The van der Waals surface area contributed by atoms with E-state index in [9.17, 15) is 0 Å². The summed E-state index contributed by atoms with van der Waals surface area (Å²) in [6, 6.07) is 14.6. The van der Waals surface area contributed by atoms with Gasteiger partial charge in [-0.2, -0.15) is 0 Å². The fraction of sp³-hybridized carbons (Fsp3) is 0.200. The van der Waals surface area contributed by atoms with Crippen LogP contribution in [-0.2, 0) is 4.74 Å². The lowest BCUT2D eigenvalue weighted by Crippen LogP contribution is -1.99. The Bertz CT molecular complexity index is 988. The van der Waals surface area contributed by atoms with E-state index in [1.165, 1.54) is 0 Å². The quantitative estimate of drug-likeness (QED) is 0.547. The average Bonchev–Trinajstić information content (AvgIpc) is 3.31. The van der Waals surface area contributed by atoms with Crippen LogP contribution in [0.1, 0.15) is 25.5 Å². The SMILES string of the molecule is CCOC(C)c1ccc2c(c1)ncn2-c1cccc(-n2ccnc2)c1. The summed E-state index contributed by atoms with van der Waals surface area (Å²) in [7, 11) is 0. The monoisotopic (exact) mass is 332 g/mol. The molecule has 0 saturated carbocycles. The number of aromatic nitrogens is 4. The van der Waals surface area contributed by atoms with Gasteiger partial charge in [0, 0.05) is 30.4 Å². The standard InChI is InChI=1S/C20H20N4O/c1-3-25-15(2)16-7-8-20-19(11-16)22-14-24(20)18-6-4-5-17(12-18)23-10-9-21-13-23/h4-15H,3H2,1-2H3. The largest absolute Gasteiger partial charge is 0.374 e. The zero-order valence-electron chi connectivity index (χ0n) is 14.3. The fourth-order valence-electron chi connectivity index (χ4n) is 3.05. The van der Waals surface area contributed by atoms with Gasteiger partial charge in [-0.15, -0.1) is 0 Å². The maximum absolute atomic E-state index is 5.68. The van der Waals surface area contributed by atoms with E-state index in [-0.39, 0.29) is 6.10 Å². The molecule has 4 aromatic rings. The van der Waals surface area contributed by atoms with Gasteiger partial charge in [0.15, 0.2) is 0 Å². The van der Waals surface area contributed by atoms with Crippen molar-refractivity contribution < 1.29 is 4.74 Å². The summed E-state index contributed by atoms with van der Waals surface area (Å²) in [4.78, 5) is 8.69. The first-order valence-electron chi connectivity index (χ1n) is 8.43. The van der Waals surface area contributed by atoms with Gasteiger partial charge in [0.1, 0.15) is 6.33 Å². The molecule has 0 bridgehead atoms. The number of hydrogen-bond donors (Lipinski definition) is 0. The molecule has 25 heavy (non-hydrogen) atoms. The van der Waals surface area contributed by atoms with Crippen molar-refractivity contribution in [1.29, 1.82) is 0 Å². The van der Waals surface area contributed by atoms with Crippen molar-refractivity contribution >= 4 is 11.0 Å². The van der Waals surface area contributed by atoms with Crippen LogP contribution < -0.4 is 0 Å². The minimum Gasteiger partial charge on any atom is -0.374 e. The summed E-state index contributed by atoms with van der Waals surface area (Å²) in [6.45, 7) is 4.78. The zero-order valence-corrected chi connectivity index (χ0v) is 14.3. The first kappa shape index (κ1) is 15.6. The second kappa shape index (κ2) is 6.53. The average molecular weight is 332 g/mol. The molecule has 0 fully saturated rings. The summed E-state index contributed by atoms with van der Waals surface area (Å²) in [5.41, 5.74) is 5.33. The van der Waals surface area contributed by atoms with Gasteiger partial charge in [0.05, 0.1) is 23.5 Å². The van der Waals surface area contributed by atoms with Gasteiger partial charge in [-0.3, -0.25) is 4.57 Å². The van der Waals surface area contributed by atoms with Gasteiger partial charge in [0.2, 0.25) is 0 Å². The van der Waals surface area contributed by atoms with Crippen LogP contribution in [0.15, 0.2) is 67.5 Å². The number of benzene rings is 2. The number of rotatable bonds is 5. The van der Waals surface area contributed by atoms with Crippen molar-refractivity contribution in [1.82, 2.24) is 19.1 Å². The molecule has 0 N–H and O–H groups in total. The molecule has 1 unspecified atom stereocenters. The molecule has 0 aliphatic heterocycles. The van der Waals surface area contributed by atoms with Crippen LogP contribution in [0, 0.1) is 0 Å². The first-order chi connectivity index (χ1) is 12.3. The van der Waals surface area contributed by atoms with E-state index in [1.54, 1.807) is 12.5 Å². The molecule has 2 aromatic heterocycles. The third-order valence-corrected chi connectivity index (χ3v) is 4.37. The molecule has 1 atom stereocenters. The number of hydrogen-bond acceptors (Lipinski definition) is 3. The third-order valence-electron chi connectivity index (χ3n) is 4.37. The van der Waals surface area contributed by atoms with Gasteiger partial charge < -0.3 is 9.30 Å². The number of ether oxygens (including phenoxy) is 1. The Hall–Kier alpha value is -2.92. The van der Waals surface area contributed by atoms with Crippen LogP contribution in [-0.4, -0.2) is 25.7 Å². The Balaban J connectivity index is 1.74. The lowest BCUT2D eigenvalue weighted by molar-refractivity contribution is 0.0765. The lowest BCUT2D eigenvalue weighted by atomic mass is 10.1. The Labute approximate surface area is 146 Å². The van der Waals surface area contributed by atoms with E-state index in [1.807, 2.05) is 30.1 Å². The molecule has 0 saturated heterocycles.